The Morgan fingerprint density at radius 2 is 2.06 bits per heavy atom. The second-order valence-corrected chi connectivity index (χ2v) is 5.22. The number of hydrogen-bond acceptors (Lipinski definition) is 2. The molecule has 0 saturated heterocycles. The van der Waals surface area contributed by atoms with Gasteiger partial charge in [-0.3, -0.25) is 9.79 Å². The molecule has 104 valence electrons. The summed E-state index contributed by atoms with van der Waals surface area (Å²) < 4.78 is 0. The van der Waals surface area contributed by atoms with E-state index in [2.05, 4.69) is 34.8 Å². The van der Waals surface area contributed by atoms with Crippen molar-refractivity contribution in [2.24, 2.45) is 10.9 Å². The maximum absolute atomic E-state index is 11.4. The molecule has 1 rings (SSSR count). The average Bonchev–Trinajstić information content (AvgIpc) is 3.11. The Bertz CT molecular complexity index is 285. The van der Waals surface area contributed by atoms with Crippen LogP contribution in [0.1, 0.15) is 39.5 Å². The van der Waals surface area contributed by atoms with E-state index in [1.807, 2.05) is 0 Å². The van der Waals surface area contributed by atoms with Crippen LogP contribution in [0.4, 0.5) is 0 Å². The third-order valence-electron chi connectivity index (χ3n) is 2.72. The lowest BCUT2D eigenvalue weighted by atomic mass is 10.2. The van der Waals surface area contributed by atoms with Crippen molar-refractivity contribution in [2.45, 2.75) is 45.6 Å². The smallest absolute Gasteiger partial charge is 0.220 e. The molecule has 3 N–H and O–H groups in total. The number of hydrogen-bond donors (Lipinski definition) is 3. The van der Waals surface area contributed by atoms with Crippen LogP contribution in [0.15, 0.2) is 4.99 Å². The fourth-order valence-corrected chi connectivity index (χ4v) is 1.50. The van der Waals surface area contributed by atoms with Crippen molar-refractivity contribution < 1.29 is 4.79 Å². The Kier molecular flexibility index (Phi) is 6.54. The molecule has 18 heavy (non-hydrogen) atoms. The Morgan fingerprint density at radius 1 is 1.33 bits per heavy atom. The lowest BCUT2D eigenvalue weighted by Crippen LogP contribution is -2.39. The van der Waals surface area contributed by atoms with Crippen LogP contribution in [0.25, 0.3) is 0 Å². The summed E-state index contributed by atoms with van der Waals surface area (Å²) >= 11 is 0. The van der Waals surface area contributed by atoms with Crippen LogP contribution in [0.2, 0.25) is 0 Å². The Hall–Kier alpha value is -1.26. The van der Waals surface area contributed by atoms with Crippen molar-refractivity contribution in [3.63, 3.8) is 0 Å². The van der Waals surface area contributed by atoms with E-state index in [9.17, 15) is 4.79 Å². The van der Waals surface area contributed by atoms with Crippen LogP contribution in [0.3, 0.4) is 0 Å². The van der Waals surface area contributed by atoms with Crippen LogP contribution >= 0.6 is 0 Å². The van der Waals surface area contributed by atoms with Gasteiger partial charge in [-0.15, -0.1) is 0 Å². The summed E-state index contributed by atoms with van der Waals surface area (Å²) in [5.74, 6) is 1.57. The zero-order chi connectivity index (χ0) is 13.4. The number of guanidine groups is 1. The molecule has 5 heteroatoms. The molecule has 0 spiro atoms. The van der Waals surface area contributed by atoms with E-state index in [0.29, 0.717) is 18.4 Å². The van der Waals surface area contributed by atoms with Crippen molar-refractivity contribution in [3.05, 3.63) is 0 Å². The molecular formula is C13H26N4O. The molecule has 0 heterocycles. The molecule has 1 aliphatic rings. The SMILES string of the molecule is CN=C(NCCCC(=O)NC1CC1)NCC(C)C. The number of aliphatic imine (C=N–C) groups is 1. The van der Waals surface area contributed by atoms with Gasteiger partial charge < -0.3 is 16.0 Å². The molecule has 0 unspecified atom stereocenters. The summed E-state index contributed by atoms with van der Waals surface area (Å²) in [6.07, 6.45) is 3.72. The highest BCUT2D eigenvalue weighted by Crippen LogP contribution is 2.18. The van der Waals surface area contributed by atoms with E-state index in [-0.39, 0.29) is 5.91 Å². The molecule has 0 aromatic rings. The quantitative estimate of drug-likeness (QED) is 0.359. The van der Waals surface area contributed by atoms with E-state index in [1.165, 1.54) is 0 Å². The molecule has 1 saturated carbocycles. The first-order valence-corrected chi connectivity index (χ1v) is 6.85. The second kappa shape index (κ2) is 7.95. The van der Waals surface area contributed by atoms with Crippen molar-refractivity contribution in [3.8, 4) is 0 Å². The van der Waals surface area contributed by atoms with Gasteiger partial charge in [0.2, 0.25) is 5.91 Å². The van der Waals surface area contributed by atoms with Gasteiger partial charge in [-0.2, -0.15) is 0 Å². The fraction of sp³-hybridized carbons (Fsp3) is 0.846. The number of carbonyl (C=O) groups is 1. The number of nitrogens with one attached hydrogen (secondary N) is 3. The predicted molar refractivity (Wildman–Crippen MR) is 74.6 cm³/mol. The zero-order valence-corrected chi connectivity index (χ0v) is 11.8. The van der Waals surface area contributed by atoms with Gasteiger partial charge in [0.15, 0.2) is 5.96 Å². The topological polar surface area (TPSA) is 65.5 Å². The van der Waals surface area contributed by atoms with Gasteiger partial charge in [-0.1, -0.05) is 13.8 Å². The maximum atomic E-state index is 11.4. The van der Waals surface area contributed by atoms with Crippen molar-refractivity contribution in [1.29, 1.82) is 0 Å². The molecule has 0 bridgehead atoms. The Morgan fingerprint density at radius 3 is 2.61 bits per heavy atom. The minimum Gasteiger partial charge on any atom is -0.356 e. The number of nitrogens with zero attached hydrogens (tertiary/aromatic N) is 1. The first kappa shape index (κ1) is 14.8. The van der Waals surface area contributed by atoms with Crippen LogP contribution in [0, 0.1) is 5.92 Å². The molecular weight excluding hydrogens is 228 g/mol. The number of carbonyl (C=O) groups excluding carboxylic acids is 1. The van der Waals surface area contributed by atoms with E-state index in [4.69, 9.17) is 0 Å². The monoisotopic (exact) mass is 254 g/mol. The van der Waals surface area contributed by atoms with Crippen molar-refractivity contribution >= 4 is 11.9 Å². The number of amides is 1. The molecule has 0 atom stereocenters. The minimum absolute atomic E-state index is 0.171. The molecule has 1 aliphatic carbocycles. The van der Waals surface area contributed by atoms with Crippen LogP contribution in [0.5, 0.6) is 0 Å². The average molecular weight is 254 g/mol. The summed E-state index contributed by atoms with van der Waals surface area (Å²) in [5, 5.41) is 9.43. The van der Waals surface area contributed by atoms with Crippen molar-refractivity contribution in [1.82, 2.24) is 16.0 Å². The molecule has 1 fully saturated rings. The molecule has 0 radical (unpaired) electrons. The summed E-state index contributed by atoms with van der Waals surface area (Å²) in [6, 6.07) is 0.464. The van der Waals surface area contributed by atoms with Crippen molar-refractivity contribution in [2.75, 3.05) is 20.1 Å². The maximum Gasteiger partial charge on any atom is 0.220 e. The standard InChI is InChI=1S/C13H26N4O/c1-10(2)9-16-13(14-3)15-8-4-5-12(18)17-11-6-7-11/h10-11H,4-9H2,1-3H3,(H,17,18)(H2,14,15,16). The van der Waals surface area contributed by atoms with Crippen LogP contribution in [-0.2, 0) is 4.79 Å². The third kappa shape index (κ3) is 7.14. The largest absolute Gasteiger partial charge is 0.356 e. The fourth-order valence-electron chi connectivity index (χ4n) is 1.50. The zero-order valence-electron chi connectivity index (χ0n) is 11.8. The van der Waals surface area contributed by atoms with Gasteiger partial charge in [0.25, 0.3) is 0 Å². The van der Waals surface area contributed by atoms with E-state index in [1.54, 1.807) is 7.05 Å². The summed E-state index contributed by atoms with van der Waals surface area (Å²) in [4.78, 5) is 15.6. The third-order valence-corrected chi connectivity index (χ3v) is 2.72. The predicted octanol–water partition coefficient (Wildman–Crippen LogP) is 0.866. The lowest BCUT2D eigenvalue weighted by molar-refractivity contribution is -0.121. The highest BCUT2D eigenvalue weighted by atomic mass is 16.1. The molecule has 0 aromatic heterocycles. The van der Waals surface area contributed by atoms with Gasteiger partial charge in [-0.05, 0) is 25.2 Å². The first-order valence-electron chi connectivity index (χ1n) is 6.85. The van der Waals surface area contributed by atoms with Gasteiger partial charge in [-0.25, -0.2) is 0 Å². The molecule has 0 aliphatic heterocycles. The molecule has 5 nitrogen and oxygen atoms in total. The summed E-state index contributed by atoms with van der Waals surface area (Å²) in [7, 11) is 1.76. The summed E-state index contributed by atoms with van der Waals surface area (Å²) in [6.45, 7) is 5.99. The van der Waals surface area contributed by atoms with E-state index in [0.717, 1.165) is 38.3 Å². The van der Waals surface area contributed by atoms with Gasteiger partial charge >= 0.3 is 0 Å². The van der Waals surface area contributed by atoms with E-state index >= 15 is 0 Å². The van der Waals surface area contributed by atoms with Gasteiger partial charge in [0.1, 0.15) is 0 Å². The summed E-state index contributed by atoms with van der Waals surface area (Å²) in [5.41, 5.74) is 0. The normalized spacial score (nSPS) is 15.7. The highest BCUT2D eigenvalue weighted by Gasteiger charge is 2.22. The van der Waals surface area contributed by atoms with Gasteiger partial charge in [0, 0.05) is 32.6 Å². The molecule has 1 amide bonds. The Labute approximate surface area is 110 Å². The first-order chi connectivity index (χ1) is 8.61. The minimum atomic E-state index is 0.171. The van der Waals surface area contributed by atoms with Crippen LogP contribution in [-0.4, -0.2) is 38.0 Å². The van der Waals surface area contributed by atoms with Gasteiger partial charge in [0.05, 0.1) is 0 Å². The number of rotatable bonds is 7. The highest BCUT2D eigenvalue weighted by molar-refractivity contribution is 5.79. The molecule has 0 aromatic carbocycles. The lowest BCUT2D eigenvalue weighted by Gasteiger charge is -2.13. The second-order valence-electron chi connectivity index (χ2n) is 5.22. The van der Waals surface area contributed by atoms with E-state index < -0.39 is 0 Å². The van der Waals surface area contributed by atoms with Crippen LogP contribution < -0.4 is 16.0 Å². The Balaban J connectivity index is 2.02.